The Bertz CT molecular complexity index is 639. The van der Waals surface area contributed by atoms with Crippen LogP contribution in [0.2, 0.25) is 0 Å². The quantitative estimate of drug-likeness (QED) is 0.852. The smallest absolute Gasteiger partial charge is 0.247 e. The Labute approximate surface area is 134 Å². The van der Waals surface area contributed by atoms with Gasteiger partial charge in [0.15, 0.2) is 0 Å². The van der Waals surface area contributed by atoms with E-state index in [0.29, 0.717) is 43.7 Å². The SMILES string of the molecule is CN(C)[C@]1(C(=O)Nc2cc(F)c3c(c2)CC(C=O)C3)CCOC1. The zero-order valence-corrected chi connectivity index (χ0v) is 13.4. The van der Waals surface area contributed by atoms with Crippen LogP contribution in [0.5, 0.6) is 0 Å². The first-order valence-electron chi connectivity index (χ1n) is 7.79. The number of likely N-dealkylation sites (N-methyl/N-ethyl adjacent to an activating group) is 1. The number of carbonyl (C=O) groups excluding carboxylic acids is 2. The predicted octanol–water partition coefficient (Wildman–Crippen LogP) is 1.40. The lowest BCUT2D eigenvalue weighted by molar-refractivity contribution is -0.126. The van der Waals surface area contributed by atoms with Crippen molar-refractivity contribution in [3.8, 4) is 0 Å². The van der Waals surface area contributed by atoms with E-state index in [9.17, 15) is 14.0 Å². The van der Waals surface area contributed by atoms with Crippen LogP contribution in [0.15, 0.2) is 12.1 Å². The summed E-state index contributed by atoms with van der Waals surface area (Å²) < 4.78 is 19.6. The van der Waals surface area contributed by atoms with E-state index in [-0.39, 0.29) is 17.6 Å². The summed E-state index contributed by atoms with van der Waals surface area (Å²) in [5.74, 6) is -0.713. The van der Waals surface area contributed by atoms with Crippen LogP contribution in [-0.4, -0.2) is 49.9 Å². The Kier molecular flexibility index (Phi) is 4.21. The summed E-state index contributed by atoms with van der Waals surface area (Å²) in [4.78, 5) is 25.5. The lowest BCUT2D eigenvalue weighted by Crippen LogP contribution is -2.54. The molecule has 2 aliphatic rings. The number of nitrogens with zero attached hydrogens (tertiary/aromatic N) is 1. The number of amides is 1. The second-order valence-electron chi connectivity index (χ2n) is 6.58. The lowest BCUT2D eigenvalue weighted by Gasteiger charge is -2.33. The number of hydrogen-bond acceptors (Lipinski definition) is 4. The van der Waals surface area contributed by atoms with Crippen molar-refractivity contribution in [3.63, 3.8) is 0 Å². The Morgan fingerprint density at radius 1 is 1.43 bits per heavy atom. The number of aldehydes is 1. The van der Waals surface area contributed by atoms with Crippen LogP contribution in [0.25, 0.3) is 0 Å². The first-order valence-corrected chi connectivity index (χ1v) is 7.79. The summed E-state index contributed by atoms with van der Waals surface area (Å²) in [7, 11) is 3.68. The normalized spacial score (nSPS) is 26.3. The highest BCUT2D eigenvalue weighted by molar-refractivity contribution is 5.98. The average molecular weight is 320 g/mol. The molecular weight excluding hydrogens is 299 g/mol. The summed E-state index contributed by atoms with van der Waals surface area (Å²) in [6.07, 6.45) is 2.44. The van der Waals surface area contributed by atoms with Crippen molar-refractivity contribution in [2.24, 2.45) is 5.92 Å². The topological polar surface area (TPSA) is 58.6 Å². The second kappa shape index (κ2) is 6.02. The highest BCUT2D eigenvalue weighted by Gasteiger charge is 2.44. The fourth-order valence-corrected chi connectivity index (χ4v) is 3.43. The molecule has 1 aliphatic heterocycles. The summed E-state index contributed by atoms with van der Waals surface area (Å²) in [6.45, 7) is 0.859. The number of nitrogens with one attached hydrogen (secondary N) is 1. The molecule has 1 aliphatic carbocycles. The first-order chi connectivity index (χ1) is 11.0. The molecule has 23 heavy (non-hydrogen) atoms. The predicted molar refractivity (Wildman–Crippen MR) is 83.8 cm³/mol. The fraction of sp³-hybridized carbons (Fsp3) is 0.529. The fourth-order valence-electron chi connectivity index (χ4n) is 3.43. The molecule has 1 aromatic carbocycles. The summed E-state index contributed by atoms with van der Waals surface area (Å²) >= 11 is 0. The minimum absolute atomic E-state index is 0.165. The molecule has 2 atom stereocenters. The van der Waals surface area contributed by atoms with Gasteiger partial charge in [-0.3, -0.25) is 9.69 Å². The van der Waals surface area contributed by atoms with Gasteiger partial charge in [0, 0.05) is 24.6 Å². The van der Waals surface area contributed by atoms with Gasteiger partial charge in [0.1, 0.15) is 17.6 Å². The van der Waals surface area contributed by atoms with Crippen molar-refractivity contribution in [1.82, 2.24) is 4.90 Å². The van der Waals surface area contributed by atoms with E-state index in [4.69, 9.17) is 4.74 Å². The van der Waals surface area contributed by atoms with E-state index in [1.54, 1.807) is 6.07 Å². The Balaban J connectivity index is 1.83. The molecule has 0 saturated carbocycles. The van der Waals surface area contributed by atoms with Crippen LogP contribution in [0.3, 0.4) is 0 Å². The summed E-state index contributed by atoms with van der Waals surface area (Å²) in [6, 6.07) is 3.11. The van der Waals surface area contributed by atoms with E-state index in [1.165, 1.54) is 6.07 Å². The van der Waals surface area contributed by atoms with E-state index >= 15 is 0 Å². The van der Waals surface area contributed by atoms with Crippen LogP contribution >= 0.6 is 0 Å². The van der Waals surface area contributed by atoms with Gasteiger partial charge in [-0.05, 0) is 50.2 Å². The Morgan fingerprint density at radius 2 is 2.22 bits per heavy atom. The van der Waals surface area contributed by atoms with Crippen molar-refractivity contribution in [1.29, 1.82) is 0 Å². The minimum Gasteiger partial charge on any atom is -0.379 e. The number of anilines is 1. The van der Waals surface area contributed by atoms with Crippen molar-refractivity contribution in [2.75, 3.05) is 32.6 Å². The zero-order valence-electron chi connectivity index (χ0n) is 13.4. The van der Waals surface area contributed by atoms with Gasteiger partial charge in [-0.1, -0.05) is 0 Å². The van der Waals surface area contributed by atoms with Gasteiger partial charge in [-0.2, -0.15) is 0 Å². The van der Waals surface area contributed by atoms with E-state index in [2.05, 4.69) is 5.32 Å². The molecule has 1 heterocycles. The number of benzene rings is 1. The van der Waals surface area contributed by atoms with Crippen LogP contribution in [0.1, 0.15) is 17.5 Å². The number of halogens is 1. The first kappa shape index (κ1) is 16.1. The van der Waals surface area contributed by atoms with Gasteiger partial charge in [0.2, 0.25) is 5.91 Å². The lowest BCUT2D eigenvalue weighted by atomic mass is 9.95. The molecule has 1 fully saturated rings. The van der Waals surface area contributed by atoms with Gasteiger partial charge >= 0.3 is 0 Å². The third-order valence-corrected chi connectivity index (χ3v) is 4.97. The minimum atomic E-state index is -0.721. The second-order valence-corrected chi connectivity index (χ2v) is 6.58. The molecule has 1 aromatic rings. The molecule has 1 amide bonds. The molecule has 0 aromatic heterocycles. The maximum absolute atomic E-state index is 14.2. The highest BCUT2D eigenvalue weighted by Crippen LogP contribution is 2.32. The van der Waals surface area contributed by atoms with Crippen LogP contribution in [0, 0.1) is 11.7 Å². The molecule has 124 valence electrons. The monoisotopic (exact) mass is 320 g/mol. The van der Waals surface area contributed by atoms with E-state index in [1.807, 2.05) is 19.0 Å². The van der Waals surface area contributed by atoms with E-state index in [0.717, 1.165) is 11.8 Å². The van der Waals surface area contributed by atoms with Crippen molar-refractivity contribution in [2.45, 2.75) is 24.8 Å². The summed E-state index contributed by atoms with van der Waals surface area (Å²) in [5.41, 5.74) is 1.11. The molecule has 3 rings (SSSR count). The number of ether oxygens (including phenoxy) is 1. The Hall–Kier alpha value is -1.79. The van der Waals surface area contributed by atoms with Crippen LogP contribution in [0.4, 0.5) is 10.1 Å². The van der Waals surface area contributed by atoms with Gasteiger partial charge in [0.05, 0.1) is 6.61 Å². The van der Waals surface area contributed by atoms with Crippen molar-refractivity contribution in [3.05, 3.63) is 29.1 Å². The molecule has 1 N–H and O–H groups in total. The molecule has 1 unspecified atom stereocenters. The van der Waals surface area contributed by atoms with E-state index < -0.39 is 5.54 Å². The standard InChI is InChI=1S/C17H21FN2O3/c1-20(2)17(3-4-23-10-17)16(22)19-13-7-12-5-11(9-21)6-14(12)15(18)8-13/h7-9,11H,3-6,10H2,1-2H3,(H,19,22)/t11?,17-/m1/s1. The molecule has 5 nitrogen and oxygen atoms in total. The molecule has 6 heteroatoms. The number of carbonyl (C=O) groups is 2. The molecule has 0 radical (unpaired) electrons. The van der Waals surface area contributed by atoms with Gasteiger partial charge < -0.3 is 14.8 Å². The van der Waals surface area contributed by atoms with Gasteiger partial charge in [-0.15, -0.1) is 0 Å². The zero-order chi connectivity index (χ0) is 16.6. The maximum Gasteiger partial charge on any atom is 0.247 e. The third-order valence-electron chi connectivity index (χ3n) is 4.97. The van der Waals surface area contributed by atoms with Crippen molar-refractivity contribution < 1.29 is 18.7 Å². The molecule has 0 spiro atoms. The maximum atomic E-state index is 14.2. The largest absolute Gasteiger partial charge is 0.379 e. The highest BCUT2D eigenvalue weighted by atomic mass is 19.1. The molecular formula is C17H21FN2O3. The number of hydrogen-bond donors (Lipinski definition) is 1. The average Bonchev–Trinajstić information content (AvgIpc) is 3.14. The number of fused-ring (bicyclic) bond motifs is 1. The third kappa shape index (κ3) is 2.77. The molecule has 1 saturated heterocycles. The molecule has 0 bridgehead atoms. The van der Waals surface area contributed by atoms with Crippen molar-refractivity contribution >= 4 is 17.9 Å². The Morgan fingerprint density at radius 3 is 2.83 bits per heavy atom. The van der Waals surface area contributed by atoms with Crippen LogP contribution in [-0.2, 0) is 27.2 Å². The number of rotatable bonds is 4. The van der Waals surface area contributed by atoms with Gasteiger partial charge in [0.25, 0.3) is 0 Å². The van der Waals surface area contributed by atoms with Crippen LogP contribution < -0.4 is 5.32 Å². The summed E-state index contributed by atoms with van der Waals surface area (Å²) in [5, 5.41) is 2.82. The van der Waals surface area contributed by atoms with Gasteiger partial charge in [-0.25, -0.2) is 4.39 Å².